The van der Waals surface area contributed by atoms with Crippen LogP contribution in [0.4, 0.5) is 0 Å². The van der Waals surface area contributed by atoms with Gasteiger partial charge < -0.3 is 19.4 Å². The van der Waals surface area contributed by atoms with E-state index in [2.05, 4.69) is 15.5 Å². The Morgan fingerprint density at radius 2 is 2.35 bits per heavy atom. The van der Waals surface area contributed by atoms with Crippen molar-refractivity contribution < 1.29 is 18.8 Å². The van der Waals surface area contributed by atoms with Crippen molar-refractivity contribution in [3.05, 3.63) is 35.4 Å². The summed E-state index contributed by atoms with van der Waals surface area (Å²) in [7, 11) is 0. The molecule has 0 aliphatic rings. The third-order valence-electron chi connectivity index (χ3n) is 2.10. The number of carboxylic acid groups (broad SMARTS) is 1. The van der Waals surface area contributed by atoms with Crippen LogP contribution in [0.15, 0.2) is 21.3 Å². The maximum absolute atomic E-state index is 10.8. The molecule has 0 aliphatic heterocycles. The lowest BCUT2D eigenvalue weighted by Crippen LogP contribution is -2.14. The van der Waals surface area contributed by atoms with Gasteiger partial charge in [-0.25, -0.2) is 4.79 Å². The molecular formula is C10H11N3O4. The molecule has 0 amide bonds. The number of carboxylic acids is 1. The summed E-state index contributed by atoms with van der Waals surface area (Å²) < 4.78 is 9.74. The SMILES string of the molecule is Cc1noc(CNCc2ccoc2C(=O)O)n1. The molecule has 2 aromatic heterocycles. The molecule has 0 spiro atoms. The van der Waals surface area contributed by atoms with Gasteiger partial charge in [-0.1, -0.05) is 5.16 Å². The summed E-state index contributed by atoms with van der Waals surface area (Å²) in [5, 5.41) is 15.4. The molecule has 2 aromatic rings. The van der Waals surface area contributed by atoms with E-state index in [9.17, 15) is 4.79 Å². The van der Waals surface area contributed by atoms with Crippen molar-refractivity contribution in [1.82, 2.24) is 15.5 Å². The van der Waals surface area contributed by atoms with E-state index in [0.29, 0.717) is 30.4 Å². The quantitative estimate of drug-likeness (QED) is 0.798. The number of aromatic nitrogens is 2. The summed E-state index contributed by atoms with van der Waals surface area (Å²) in [4.78, 5) is 14.8. The van der Waals surface area contributed by atoms with Crippen LogP contribution in [0.1, 0.15) is 27.8 Å². The first-order chi connectivity index (χ1) is 8.16. The number of hydrogen-bond acceptors (Lipinski definition) is 6. The minimum atomic E-state index is -1.08. The zero-order chi connectivity index (χ0) is 12.3. The molecule has 0 fully saturated rings. The van der Waals surface area contributed by atoms with Gasteiger partial charge in [0.1, 0.15) is 0 Å². The first kappa shape index (κ1) is 11.3. The summed E-state index contributed by atoms with van der Waals surface area (Å²) in [5.41, 5.74) is 0.578. The van der Waals surface area contributed by atoms with Crippen LogP contribution in [0.5, 0.6) is 0 Å². The zero-order valence-corrected chi connectivity index (χ0v) is 9.14. The second kappa shape index (κ2) is 4.79. The van der Waals surface area contributed by atoms with Gasteiger partial charge in [-0.15, -0.1) is 0 Å². The van der Waals surface area contributed by atoms with Crippen LogP contribution in [0, 0.1) is 6.92 Å². The second-order valence-electron chi connectivity index (χ2n) is 3.42. The van der Waals surface area contributed by atoms with Crippen LogP contribution in [0.25, 0.3) is 0 Å². The van der Waals surface area contributed by atoms with E-state index in [1.165, 1.54) is 6.26 Å². The van der Waals surface area contributed by atoms with Crippen LogP contribution >= 0.6 is 0 Å². The van der Waals surface area contributed by atoms with Crippen LogP contribution in [-0.2, 0) is 13.1 Å². The number of nitrogens with zero attached hydrogens (tertiary/aromatic N) is 2. The lowest BCUT2D eigenvalue weighted by atomic mass is 10.2. The highest BCUT2D eigenvalue weighted by atomic mass is 16.5. The molecule has 0 saturated heterocycles. The van der Waals surface area contributed by atoms with Gasteiger partial charge in [0.05, 0.1) is 12.8 Å². The highest BCUT2D eigenvalue weighted by Crippen LogP contribution is 2.10. The summed E-state index contributed by atoms with van der Waals surface area (Å²) in [5.74, 6) is -0.112. The lowest BCUT2D eigenvalue weighted by Gasteiger charge is -1.99. The Morgan fingerprint density at radius 1 is 1.53 bits per heavy atom. The summed E-state index contributed by atoms with van der Waals surface area (Å²) >= 11 is 0. The van der Waals surface area contributed by atoms with E-state index < -0.39 is 5.97 Å². The molecule has 2 heterocycles. The number of carbonyl (C=O) groups is 1. The third kappa shape index (κ3) is 2.70. The minimum absolute atomic E-state index is 0.0563. The maximum Gasteiger partial charge on any atom is 0.372 e. The van der Waals surface area contributed by atoms with Crippen molar-refractivity contribution in [3.8, 4) is 0 Å². The van der Waals surface area contributed by atoms with E-state index in [4.69, 9.17) is 14.0 Å². The maximum atomic E-state index is 10.8. The normalized spacial score (nSPS) is 10.6. The Morgan fingerprint density at radius 3 is 3.00 bits per heavy atom. The number of rotatable bonds is 5. The van der Waals surface area contributed by atoms with E-state index >= 15 is 0 Å². The summed E-state index contributed by atoms with van der Waals surface area (Å²) in [6.45, 7) is 2.47. The molecule has 17 heavy (non-hydrogen) atoms. The van der Waals surface area contributed by atoms with Gasteiger partial charge in [-0.05, 0) is 13.0 Å². The third-order valence-corrected chi connectivity index (χ3v) is 2.10. The van der Waals surface area contributed by atoms with E-state index in [0.717, 1.165) is 0 Å². The Kier molecular flexibility index (Phi) is 3.20. The van der Waals surface area contributed by atoms with Crippen LogP contribution in [0.2, 0.25) is 0 Å². The van der Waals surface area contributed by atoms with Crippen LogP contribution in [-0.4, -0.2) is 21.2 Å². The van der Waals surface area contributed by atoms with Gasteiger partial charge in [-0.2, -0.15) is 4.98 Å². The highest BCUT2D eigenvalue weighted by Gasteiger charge is 2.13. The fourth-order valence-electron chi connectivity index (χ4n) is 1.38. The summed E-state index contributed by atoms with van der Waals surface area (Å²) in [6, 6.07) is 1.61. The minimum Gasteiger partial charge on any atom is -0.475 e. The van der Waals surface area contributed by atoms with Gasteiger partial charge in [0.2, 0.25) is 11.7 Å². The van der Waals surface area contributed by atoms with Crippen molar-refractivity contribution in [2.75, 3.05) is 0 Å². The molecular weight excluding hydrogens is 226 g/mol. The smallest absolute Gasteiger partial charge is 0.372 e. The molecule has 7 nitrogen and oxygen atoms in total. The first-order valence-electron chi connectivity index (χ1n) is 4.96. The Hall–Kier alpha value is -2.15. The molecule has 2 N–H and O–H groups in total. The standard InChI is InChI=1S/C10H11N3O4/c1-6-12-8(17-13-6)5-11-4-7-2-3-16-9(7)10(14)15/h2-3,11H,4-5H2,1H3,(H,14,15). The molecule has 2 rings (SSSR count). The number of aromatic carboxylic acids is 1. The largest absolute Gasteiger partial charge is 0.475 e. The molecule has 0 radical (unpaired) electrons. The molecule has 0 unspecified atom stereocenters. The van der Waals surface area contributed by atoms with E-state index in [1.807, 2.05) is 0 Å². The lowest BCUT2D eigenvalue weighted by molar-refractivity contribution is 0.0660. The second-order valence-corrected chi connectivity index (χ2v) is 3.42. The number of nitrogens with one attached hydrogen (secondary N) is 1. The average molecular weight is 237 g/mol. The van der Waals surface area contributed by atoms with Gasteiger partial charge >= 0.3 is 5.97 Å². The van der Waals surface area contributed by atoms with Crippen LogP contribution in [0.3, 0.4) is 0 Å². The first-order valence-corrected chi connectivity index (χ1v) is 4.96. The van der Waals surface area contributed by atoms with Crippen molar-refractivity contribution in [1.29, 1.82) is 0 Å². The predicted molar refractivity (Wildman–Crippen MR) is 55.2 cm³/mol. The monoisotopic (exact) mass is 237 g/mol. The number of furan rings is 1. The van der Waals surface area contributed by atoms with E-state index in [1.54, 1.807) is 13.0 Å². The Labute approximate surface area is 96.4 Å². The van der Waals surface area contributed by atoms with E-state index in [-0.39, 0.29) is 5.76 Å². The molecule has 0 bridgehead atoms. The van der Waals surface area contributed by atoms with Gasteiger partial charge in [-0.3, -0.25) is 0 Å². The Balaban J connectivity index is 1.90. The molecule has 0 saturated carbocycles. The van der Waals surface area contributed by atoms with Crippen molar-refractivity contribution in [3.63, 3.8) is 0 Å². The summed E-state index contributed by atoms with van der Waals surface area (Å²) in [6.07, 6.45) is 1.34. The van der Waals surface area contributed by atoms with Crippen molar-refractivity contribution in [2.24, 2.45) is 0 Å². The zero-order valence-electron chi connectivity index (χ0n) is 9.14. The fraction of sp³-hybridized carbons (Fsp3) is 0.300. The topological polar surface area (TPSA) is 101 Å². The average Bonchev–Trinajstić information content (AvgIpc) is 2.87. The van der Waals surface area contributed by atoms with Crippen LogP contribution < -0.4 is 5.32 Å². The predicted octanol–water partition coefficient (Wildman–Crippen LogP) is 0.959. The molecule has 0 aromatic carbocycles. The molecule has 7 heteroatoms. The van der Waals surface area contributed by atoms with Gasteiger partial charge in [0.15, 0.2) is 5.82 Å². The Bertz CT molecular complexity index is 517. The fourth-order valence-corrected chi connectivity index (χ4v) is 1.38. The molecule has 0 atom stereocenters. The van der Waals surface area contributed by atoms with Gasteiger partial charge in [0.25, 0.3) is 0 Å². The van der Waals surface area contributed by atoms with Crippen molar-refractivity contribution in [2.45, 2.75) is 20.0 Å². The number of aryl methyl sites for hydroxylation is 1. The number of hydrogen-bond donors (Lipinski definition) is 2. The van der Waals surface area contributed by atoms with Crippen molar-refractivity contribution >= 4 is 5.97 Å². The highest BCUT2D eigenvalue weighted by molar-refractivity contribution is 5.86. The molecule has 90 valence electrons. The molecule has 0 aliphatic carbocycles. The van der Waals surface area contributed by atoms with Gasteiger partial charge in [0, 0.05) is 12.1 Å².